The van der Waals surface area contributed by atoms with Gasteiger partial charge in [0.2, 0.25) is 11.8 Å². The Morgan fingerprint density at radius 1 is 1.32 bits per heavy atom. The number of carbonyl (C=O) groups is 2. The highest BCUT2D eigenvalue weighted by atomic mass is 16.2. The number of anilines is 1. The van der Waals surface area contributed by atoms with Crippen molar-refractivity contribution in [2.75, 3.05) is 25.0 Å². The molecule has 2 amide bonds. The van der Waals surface area contributed by atoms with Gasteiger partial charge in [0, 0.05) is 32.2 Å². The van der Waals surface area contributed by atoms with Crippen molar-refractivity contribution < 1.29 is 9.59 Å². The molecular weight excluding hydrogens is 278 g/mol. The molecule has 0 aliphatic carbocycles. The topological polar surface area (TPSA) is 61.4 Å². The maximum Gasteiger partial charge on any atom is 0.229 e. The first-order valence-corrected chi connectivity index (χ1v) is 7.96. The Kier molecular flexibility index (Phi) is 5.95. The number of piperidine rings is 1. The van der Waals surface area contributed by atoms with E-state index in [4.69, 9.17) is 0 Å². The smallest absolute Gasteiger partial charge is 0.229 e. The number of amides is 2. The van der Waals surface area contributed by atoms with Crippen LogP contribution in [0.1, 0.15) is 32.3 Å². The van der Waals surface area contributed by atoms with E-state index in [0.29, 0.717) is 6.54 Å². The fourth-order valence-corrected chi connectivity index (χ4v) is 2.77. The van der Waals surface area contributed by atoms with E-state index in [2.05, 4.69) is 17.6 Å². The number of carbonyl (C=O) groups excluding carboxylic acids is 2. The van der Waals surface area contributed by atoms with Crippen LogP contribution in [0.5, 0.6) is 0 Å². The molecule has 1 atom stereocenters. The van der Waals surface area contributed by atoms with Gasteiger partial charge in [-0.2, -0.15) is 0 Å². The molecule has 0 aromatic heterocycles. The average Bonchev–Trinajstić information content (AvgIpc) is 2.54. The van der Waals surface area contributed by atoms with Gasteiger partial charge in [0.25, 0.3) is 0 Å². The first-order valence-electron chi connectivity index (χ1n) is 7.96. The molecular formula is C17H25N3O2. The van der Waals surface area contributed by atoms with Crippen LogP contribution in [0.25, 0.3) is 0 Å². The second kappa shape index (κ2) is 7.94. The van der Waals surface area contributed by atoms with Crippen LogP contribution in [0.4, 0.5) is 5.69 Å². The van der Waals surface area contributed by atoms with Gasteiger partial charge in [-0.3, -0.25) is 9.59 Å². The van der Waals surface area contributed by atoms with Crippen molar-refractivity contribution in [2.24, 2.45) is 5.92 Å². The minimum atomic E-state index is -0.121. The summed E-state index contributed by atoms with van der Waals surface area (Å²) in [6.07, 6.45) is 1.72. The van der Waals surface area contributed by atoms with Crippen molar-refractivity contribution in [3.05, 3.63) is 29.8 Å². The van der Waals surface area contributed by atoms with Gasteiger partial charge in [0.15, 0.2) is 0 Å². The molecule has 1 saturated heterocycles. The molecule has 0 radical (unpaired) electrons. The summed E-state index contributed by atoms with van der Waals surface area (Å²) in [7, 11) is 0. The zero-order valence-corrected chi connectivity index (χ0v) is 13.4. The van der Waals surface area contributed by atoms with Gasteiger partial charge in [-0.25, -0.2) is 0 Å². The lowest BCUT2D eigenvalue weighted by molar-refractivity contribution is -0.132. The molecule has 5 heteroatoms. The number of hydrogen-bond donors (Lipinski definition) is 2. The first kappa shape index (κ1) is 16.5. The predicted molar refractivity (Wildman–Crippen MR) is 87.4 cm³/mol. The van der Waals surface area contributed by atoms with Crippen LogP contribution in [0.2, 0.25) is 0 Å². The summed E-state index contributed by atoms with van der Waals surface area (Å²) in [5.74, 6) is -0.0650. The minimum Gasteiger partial charge on any atom is -0.342 e. The Labute approximate surface area is 132 Å². The van der Waals surface area contributed by atoms with Gasteiger partial charge in [-0.15, -0.1) is 0 Å². The number of hydrogen-bond acceptors (Lipinski definition) is 3. The molecule has 1 aromatic carbocycles. The molecule has 1 heterocycles. The quantitative estimate of drug-likeness (QED) is 0.874. The number of nitrogens with one attached hydrogen (secondary N) is 2. The first-order chi connectivity index (χ1) is 10.6. The van der Waals surface area contributed by atoms with E-state index in [1.807, 2.05) is 24.3 Å². The molecule has 0 spiro atoms. The van der Waals surface area contributed by atoms with Crippen LogP contribution in [-0.2, 0) is 16.1 Å². The average molecular weight is 303 g/mol. The van der Waals surface area contributed by atoms with E-state index in [-0.39, 0.29) is 17.7 Å². The maximum absolute atomic E-state index is 12.5. The summed E-state index contributed by atoms with van der Waals surface area (Å²) in [6, 6.07) is 7.84. The third-order valence-electron chi connectivity index (χ3n) is 4.08. The van der Waals surface area contributed by atoms with E-state index in [1.54, 1.807) is 11.8 Å². The van der Waals surface area contributed by atoms with E-state index in [0.717, 1.165) is 43.7 Å². The van der Waals surface area contributed by atoms with Crippen LogP contribution in [0.3, 0.4) is 0 Å². The van der Waals surface area contributed by atoms with Gasteiger partial charge in [0.05, 0.1) is 5.92 Å². The van der Waals surface area contributed by atoms with Gasteiger partial charge in [-0.05, 0) is 31.0 Å². The zero-order chi connectivity index (χ0) is 15.9. The molecule has 0 saturated carbocycles. The van der Waals surface area contributed by atoms with Crippen LogP contribution < -0.4 is 10.6 Å². The Bertz CT molecular complexity index is 530. The maximum atomic E-state index is 12.5. The van der Waals surface area contributed by atoms with Crippen LogP contribution in [0.15, 0.2) is 24.3 Å². The van der Waals surface area contributed by atoms with Crippen molar-refractivity contribution in [3.8, 4) is 0 Å². The van der Waals surface area contributed by atoms with Crippen molar-refractivity contribution in [2.45, 2.75) is 33.2 Å². The molecule has 1 fully saturated rings. The van der Waals surface area contributed by atoms with E-state index >= 15 is 0 Å². The lowest BCUT2D eigenvalue weighted by Gasteiger charge is -2.31. The Morgan fingerprint density at radius 3 is 2.82 bits per heavy atom. The monoisotopic (exact) mass is 303 g/mol. The highest BCUT2D eigenvalue weighted by molar-refractivity contribution is 5.93. The predicted octanol–water partition coefficient (Wildman–Crippen LogP) is 1.99. The fourth-order valence-electron chi connectivity index (χ4n) is 2.77. The molecule has 1 aliphatic rings. The summed E-state index contributed by atoms with van der Waals surface area (Å²) in [4.78, 5) is 25.7. The molecule has 22 heavy (non-hydrogen) atoms. The highest BCUT2D eigenvalue weighted by Gasteiger charge is 2.27. The molecule has 0 bridgehead atoms. The van der Waals surface area contributed by atoms with E-state index < -0.39 is 0 Å². The molecule has 2 N–H and O–H groups in total. The van der Waals surface area contributed by atoms with Crippen molar-refractivity contribution in [1.29, 1.82) is 0 Å². The third kappa shape index (κ3) is 4.31. The molecule has 1 unspecified atom stereocenters. The summed E-state index contributed by atoms with van der Waals surface area (Å²) in [6.45, 7) is 6.52. The number of para-hydroxylation sites is 1. The lowest BCUT2D eigenvalue weighted by Crippen LogP contribution is -2.42. The Balaban J connectivity index is 2.01. The molecule has 1 aromatic rings. The Hall–Kier alpha value is -1.88. The van der Waals surface area contributed by atoms with E-state index in [1.165, 1.54) is 0 Å². The highest BCUT2D eigenvalue weighted by Crippen LogP contribution is 2.21. The van der Waals surface area contributed by atoms with Crippen molar-refractivity contribution >= 4 is 17.5 Å². The van der Waals surface area contributed by atoms with Crippen LogP contribution in [-0.4, -0.2) is 36.3 Å². The molecule has 2 rings (SSSR count). The molecule has 120 valence electrons. The van der Waals surface area contributed by atoms with Crippen LogP contribution in [0, 0.1) is 5.92 Å². The van der Waals surface area contributed by atoms with Crippen LogP contribution >= 0.6 is 0 Å². The second-order valence-corrected chi connectivity index (χ2v) is 5.73. The molecule has 5 nitrogen and oxygen atoms in total. The van der Waals surface area contributed by atoms with Gasteiger partial charge in [-0.1, -0.05) is 25.1 Å². The SMILES string of the molecule is CCNCc1ccccc1NC(=O)C1CCCN(C(C)=O)C1. The summed E-state index contributed by atoms with van der Waals surface area (Å²) >= 11 is 0. The lowest BCUT2D eigenvalue weighted by atomic mass is 9.97. The number of likely N-dealkylation sites (tertiary alicyclic amines) is 1. The third-order valence-corrected chi connectivity index (χ3v) is 4.08. The van der Waals surface area contributed by atoms with Gasteiger partial charge >= 0.3 is 0 Å². The number of nitrogens with zero attached hydrogens (tertiary/aromatic N) is 1. The summed E-state index contributed by atoms with van der Waals surface area (Å²) in [5, 5.41) is 6.31. The fraction of sp³-hybridized carbons (Fsp3) is 0.529. The normalized spacial score (nSPS) is 18.1. The van der Waals surface area contributed by atoms with Crippen molar-refractivity contribution in [1.82, 2.24) is 10.2 Å². The number of benzene rings is 1. The second-order valence-electron chi connectivity index (χ2n) is 5.73. The Morgan fingerprint density at radius 2 is 2.09 bits per heavy atom. The summed E-state index contributed by atoms with van der Waals surface area (Å²) < 4.78 is 0. The van der Waals surface area contributed by atoms with Crippen molar-refractivity contribution in [3.63, 3.8) is 0 Å². The number of rotatable bonds is 5. The molecule has 1 aliphatic heterocycles. The summed E-state index contributed by atoms with van der Waals surface area (Å²) in [5.41, 5.74) is 1.94. The van der Waals surface area contributed by atoms with E-state index in [9.17, 15) is 9.59 Å². The minimum absolute atomic E-state index is 0.00917. The van der Waals surface area contributed by atoms with Gasteiger partial charge < -0.3 is 15.5 Å². The standard InChI is InChI=1S/C17H25N3O2/c1-3-18-11-14-7-4-5-9-16(14)19-17(22)15-8-6-10-20(12-15)13(2)21/h4-5,7,9,15,18H,3,6,8,10-12H2,1-2H3,(H,19,22). The largest absolute Gasteiger partial charge is 0.342 e. The zero-order valence-electron chi connectivity index (χ0n) is 13.4. The van der Waals surface area contributed by atoms with Gasteiger partial charge in [0.1, 0.15) is 0 Å².